The number of alkyl carbamates (subject to hydrolysis) is 1. The summed E-state index contributed by atoms with van der Waals surface area (Å²) in [5.41, 5.74) is 4.37. The third-order valence-corrected chi connectivity index (χ3v) is 4.04. The summed E-state index contributed by atoms with van der Waals surface area (Å²) in [6, 6.07) is -0.782. The molecule has 0 aliphatic heterocycles. The van der Waals surface area contributed by atoms with Crippen LogP contribution in [0.25, 0.3) is 0 Å². The van der Waals surface area contributed by atoms with Crippen molar-refractivity contribution in [1.29, 1.82) is 0 Å². The number of rotatable bonds is 6. The Morgan fingerprint density at radius 3 is 2.26 bits per heavy atom. The summed E-state index contributed by atoms with van der Waals surface area (Å²) in [7, 11) is 0. The first-order valence-corrected chi connectivity index (χ1v) is 8.25. The number of aliphatic hydroxyl groups excluding tert-OH is 2. The second kappa shape index (κ2) is 8.49. The monoisotopic (exact) mass is 330 g/mol. The molecule has 2 amide bonds. The predicted octanol–water partition coefficient (Wildman–Crippen LogP) is 1.06. The third kappa shape index (κ3) is 7.18. The molecular weight excluding hydrogens is 300 g/mol. The van der Waals surface area contributed by atoms with E-state index in [1.165, 1.54) is 6.42 Å². The van der Waals surface area contributed by atoms with Gasteiger partial charge in [0.1, 0.15) is 11.7 Å². The lowest BCUT2D eigenvalue weighted by Gasteiger charge is -2.32. The number of hydrogen-bond acceptors (Lipinski definition) is 5. The summed E-state index contributed by atoms with van der Waals surface area (Å²) in [6.45, 7) is 5.20. The van der Waals surface area contributed by atoms with Gasteiger partial charge < -0.3 is 26.0 Å². The molecule has 1 aliphatic rings. The number of carbonyl (C=O) groups excluding carboxylic acids is 2. The zero-order chi connectivity index (χ0) is 17.6. The highest BCUT2D eigenvalue weighted by Crippen LogP contribution is 2.28. The van der Waals surface area contributed by atoms with Crippen LogP contribution in [0.2, 0.25) is 0 Å². The van der Waals surface area contributed by atoms with Crippen molar-refractivity contribution >= 4 is 12.0 Å². The number of primary amides is 1. The Labute approximate surface area is 137 Å². The van der Waals surface area contributed by atoms with Crippen molar-refractivity contribution in [3.05, 3.63) is 0 Å². The molecule has 7 heteroatoms. The van der Waals surface area contributed by atoms with Crippen LogP contribution in [0.3, 0.4) is 0 Å². The second-order valence-electron chi connectivity index (χ2n) is 7.33. The van der Waals surface area contributed by atoms with Crippen LogP contribution in [0.5, 0.6) is 0 Å². The lowest BCUT2D eigenvalue weighted by Crippen LogP contribution is -2.53. The van der Waals surface area contributed by atoms with E-state index < -0.39 is 35.9 Å². The van der Waals surface area contributed by atoms with Gasteiger partial charge in [0.05, 0.1) is 6.04 Å². The van der Waals surface area contributed by atoms with Crippen LogP contribution in [0.15, 0.2) is 0 Å². The van der Waals surface area contributed by atoms with E-state index in [0.717, 1.165) is 25.7 Å². The van der Waals surface area contributed by atoms with Crippen LogP contribution in [-0.2, 0) is 9.53 Å². The zero-order valence-electron chi connectivity index (χ0n) is 14.2. The molecular formula is C16H30N2O5. The van der Waals surface area contributed by atoms with Gasteiger partial charge in [-0.15, -0.1) is 0 Å². The molecule has 1 aliphatic carbocycles. The average molecular weight is 330 g/mol. The number of carbonyl (C=O) groups is 2. The Morgan fingerprint density at radius 2 is 1.78 bits per heavy atom. The summed E-state index contributed by atoms with van der Waals surface area (Å²) < 4.78 is 5.19. The summed E-state index contributed by atoms with van der Waals surface area (Å²) in [5, 5.41) is 22.5. The molecule has 1 saturated carbocycles. The molecule has 23 heavy (non-hydrogen) atoms. The van der Waals surface area contributed by atoms with Crippen molar-refractivity contribution in [3.8, 4) is 0 Å². The quantitative estimate of drug-likeness (QED) is 0.580. The molecule has 0 aromatic heterocycles. The molecule has 0 bridgehead atoms. The zero-order valence-corrected chi connectivity index (χ0v) is 14.2. The normalized spacial score (nSPS) is 20.4. The van der Waals surface area contributed by atoms with Gasteiger partial charge in [0, 0.05) is 0 Å². The van der Waals surface area contributed by atoms with Crippen LogP contribution in [-0.4, -0.2) is 46.1 Å². The van der Waals surface area contributed by atoms with Gasteiger partial charge in [-0.1, -0.05) is 32.1 Å². The summed E-state index contributed by atoms with van der Waals surface area (Å²) >= 11 is 0. The Balaban J connectivity index is 2.74. The van der Waals surface area contributed by atoms with Crippen LogP contribution < -0.4 is 11.1 Å². The standard InChI is InChI=1S/C16H30N2O5/c1-16(2,3)23-15(22)18-11(12(19)13(20)14(17)21)9-10-7-5-4-6-8-10/h10-13,19-20H,4-9H2,1-3H3,(H2,17,21)(H,18,22). The maximum Gasteiger partial charge on any atom is 0.407 e. The number of aliphatic hydroxyl groups is 2. The SMILES string of the molecule is CC(C)(C)OC(=O)NC(CC1CCCCC1)C(O)C(O)C(N)=O. The van der Waals surface area contributed by atoms with Crippen molar-refractivity contribution in [3.63, 3.8) is 0 Å². The molecule has 0 heterocycles. The summed E-state index contributed by atoms with van der Waals surface area (Å²) in [4.78, 5) is 23.1. The van der Waals surface area contributed by atoms with E-state index in [4.69, 9.17) is 10.5 Å². The molecule has 5 N–H and O–H groups in total. The molecule has 1 rings (SSSR count). The maximum atomic E-state index is 12.0. The fourth-order valence-corrected chi connectivity index (χ4v) is 2.91. The lowest BCUT2D eigenvalue weighted by molar-refractivity contribution is -0.133. The molecule has 7 nitrogen and oxygen atoms in total. The first-order valence-electron chi connectivity index (χ1n) is 8.25. The van der Waals surface area contributed by atoms with Crippen molar-refractivity contribution in [2.45, 2.75) is 83.1 Å². The number of ether oxygens (including phenoxy) is 1. The number of amides is 2. The summed E-state index contributed by atoms with van der Waals surface area (Å²) in [6.07, 6.45) is 2.03. The van der Waals surface area contributed by atoms with Crippen LogP contribution >= 0.6 is 0 Å². The fraction of sp³-hybridized carbons (Fsp3) is 0.875. The van der Waals surface area contributed by atoms with E-state index >= 15 is 0 Å². The van der Waals surface area contributed by atoms with Gasteiger partial charge in [-0.05, 0) is 33.1 Å². The maximum absolute atomic E-state index is 12.0. The molecule has 0 spiro atoms. The third-order valence-electron chi connectivity index (χ3n) is 4.04. The molecule has 3 unspecified atom stereocenters. The van der Waals surface area contributed by atoms with E-state index in [1.807, 2.05) is 0 Å². The molecule has 0 radical (unpaired) electrons. The van der Waals surface area contributed by atoms with Crippen molar-refractivity contribution in [2.24, 2.45) is 11.7 Å². The first-order chi connectivity index (χ1) is 10.6. The van der Waals surface area contributed by atoms with Gasteiger partial charge in [-0.2, -0.15) is 0 Å². The Kier molecular flexibility index (Phi) is 7.28. The van der Waals surface area contributed by atoms with Gasteiger partial charge in [0.2, 0.25) is 5.91 Å². The highest BCUT2D eigenvalue weighted by molar-refractivity contribution is 5.79. The fourth-order valence-electron chi connectivity index (χ4n) is 2.91. The Bertz CT molecular complexity index is 402. The van der Waals surface area contributed by atoms with E-state index in [-0.39, 0.29) is 0 Å². The highest BCUT2D eigenvalue weighted by atomic mass is 16.6. The van der Waals surface area contributed by atoms with Crippen LogP contribution in [0.4, 0.5) is 4.79 Å². The van der Waals surface area contributed by atoms with Gasteiger partial charge in [0.25, 0.3) is 0 Å². The number of nitrogens with two attached hydrogens (primary N) is 1. The van der Waals surface area contributed by atoms with E-state index in [2.05, 4.69) is 5.32 Å². The molecule has 3 atom stereocenters. The van der Waals surface area contributed by atoms with Gasteiger partial charge in [0.15, 0.2) is 6.10 Å². The Morgan fingerprint density at radius 1 is 1.22 bits per heavy atom. The van der Waals surface area contributed by atoms with Crippen LogP contribution in [0, 0.1) is 5.92 Å². The minimum absolute atomic E-state index is 0.332. The largest absolute Gasteiger partial charge is 0.444 e. The van der Waals surface area contributed by atoms with Crippen molar-refractivity contribution in [2.75, 3.05) is 0 Å². The van der Waals surface area contributed by atoms with Crippen molar-refractivity contribution < 1.29 is 24.5 Å². The van der Waals surface area contributed by atoms with Gasteiger partial charge >= 0.3 is 6.09 Å². The molecule has 0 aromatic carbocycles. The average Bonchev–Trinajstić information content (AvgIpc) is 2.44. The minimum Gasteiger partial charge on any atom is -0.444 e. The van der Waals surface area contributed by atoms with E-state index in [1.54, 1.807) is 20.8 Å². The van der Waals surface area contributed by atoms with Crippen molar-refractivity contribution in [1.82, 2.24) is 5.32 Å². The first kappa shape index (κ1) is 19.7. The van der Waals surface area contributed by atoms with Crippen LogP contribution in [0.1, 0.15) is 59.3 Å². The second-order valence-corrected chi connectivity index (χ2v) is 7.33. The minimum atomic E-state index is -1.72. The molecule has 0 saturated heterocycles. The number of hydrogen-bond donors (Lipinski definition) is 4. The lowest BCUT2D eigenvalue weighted by atomic mass is 9.83. The number of nitrogens with one attached hydrogen (secondary N) is 1. The van der Waals surface area contributed by atoms with E-state index in [0.29, 0.717) is 12.3 Å². The summed E-state index contributed by atoms with van der Waals surface area (Å²) in [5.74, 6) is -0.685. The molecule has 1 fully saturated rings. The van der Waals surface area contributed by atoms with Gasteiger partial charge in [-0.3, -0.25) is 4.79 Å². The Hall–Kier alpha value is -1.34. The van der Waals surface area contributed by atoms with Gasteiger partial charge in [-0.25, -0.2) is 4.79 Å². The predicted molar refractivity (Wildman–Crippen MR) is 85.6 cm³/mol. The smallest absolute Gasteiger partial charge is 0.407 e. The molecule has 134 valence electrons. The van der Waals surface area contributed by atoms with E-state index in [9.17, 15) is 19.8 Å². The molecule has 0 aromatic rings. The highest BCUT2D eigenvalue weighted by Gasteiger charge is 2.34. The topological polar surface area (TPSA) is 122 Å².